The first-order valence-corrected chi connectivity index (χ1v) is 5.47. The van der Waals surface area contributed by atoms with Crippen molar-refractivity contribution in [3.05, 3.63) is 58.9 Å². The molecule has 0 aliphatic rings. The highest BCUT2D eigenvalue weighted by atomic mass is 16.1. The molecule has 6 nitrogen and oxygen atoms in total. The van der Waals surface area contributed by atoms with Gasteiger partial charge in [0.15, 0.2) is 0 Å². The Morgan fingerprint density at radius 3 is 2.89 bits per heavy atom. The van der Waals surface area contributed by atoms with Crippen molar-refractivity contribution in [1.29, 1.82) is 0 Å². The van der Waals surface area contributed by atoms with E-state index >= 15 is 0 Å². The molecule has 0 fully saturated rings. The van der Waals surface area contributed by atoms with Crippen molar-refractivity contribution >= 4 is 11.3 Å². The van der Waals surface area contributed by atoms with Crippen LogP contribution in [0, 0.1) is 0 Å². The van der Waals surface area contributed by atoms with Gasteiger partial charge in [-0.15, -0.1) is 0 Å². The van der Waals surface area contributed by atoms with Gasteiger partial charge in [0.2, 0.25) is 0 Å². The molecule has 0 spiro atoms. The molecule has 0 radical (unpaired) electrons. The standard InChI is InChI=1S/C12H11N5O/c13-11-2-1-9(7-14-11)8-16-5-6-17-10(12(16)18)3-4-15-17/h1-7H,8H2,(H2,13,14). The maximum absolute atomic E-state index is 12.1. The zero-order valence-corrected chi connectivity index (χ0v) is 9.52. The van der Waals surface area contributed by atoms with E-state index in [0.29, 0.717) is 17.9 Å². The van der Waals surface area contributed by atoms with Crippen LogP contribution in [-0.4, -0.2) is 19.2 Å². The summed E-state index contributed by atoms with van der Waals surface area (Å²) >= 11 is 0. The Hall–Kier alpha value is -2.63. The zero-order chi connectivity index (χ0) is 12.5. The molecule has 2 N–H and O–H groups in total. The molecule has 3 aromatic heterocycles. The number of hydrogen-bond donors (Lipinski definition) is 1. The van der Waals surface area contributed by atoms with Crippen LogP contribution in [0.3, 0.4) is 0 Å². The number of nitrogens with zero attached hydrogens (tertiary/aromatic N) is 4. The molecule has 3 rings (SSSR count). The second-order valence-corrected chi connectivity index (χ2v) is 3.98. The summed E-state index contributed by atoms with van der Waals surface area (Å²) in [5.41, 5.74) is 6.92. The van der Waals surface area contributed by atoms with Gasteiger partial charge in [0.1, 0.15) is 11.3 Å². The number of fused-ring (bicyclic) bond motifs is 1. The first kappa shape index (κ1) is 10.5. The molecule has 0 aliphatic heterocycles. The average molecular weight is 241 g/mol. The monoisotopic (exact) mass is 241 g/mol. The summed E-state index contributed by atoms with van der Waals surface area (Å²) in [4.78, 5) is 16.1. The fourth-order valence-corrected chi connectivity index (χ4v) is 1.81. The number of nitrogens with two attached hydrogens (primary N) is 1. The Morgan fingerprint density at radius 2 is 2.11 bits per heavy atom. The second kappa shape index (κ2) is 3.99. The molecule has 0 amide bonds. The van der Waals surface area contributed by atoms with Crippen LogP contribution in [-0.2, 0) is 6.54 Å². The molecule has 0 saturated carbocycles. The first-order chi connectivity index (χ1) is 8.74. The predicted octanol–water partition coefficient (Wildman–Crippen LogP) is 0.521. The third-order valence-electron chi connectivity index (χ3n) is 2.74. The molecule has 0 saturated heterocycles. The van der Waals surface area contributed by atoms with Gasteiger partial charge in [0.25, 0.3) is 5.56 Å². The van der Waals surface area contributed by atoms with Crippen molar-refractivity contribution < 1.29 is 0 Å². The number of pyridine rings is 1. The second-order valence-electron chi connectivity index (χ2n) is 3.98. The Kier molecular flexibility index (Phi) is 2.33. The minimum Gasteiger partial charge on any atom is -0.384 e. The largest absolute Gasteiger partial charge is 0.384 e. The van der Waals surface area contributed by atoms with Gasteiger partial charge >= 0.3 is 0 Å². The van der Waals surface area contributed by atoms with Gasteiger partial charge in [-0.1, -0.05) is 6.07 Å². The van der Waals surface area contributed by atoms with Crippen molar-refractivity contribution in [2.24, 2.45) is 0 Å². The normalized spacial score (nSPS) is 10.9. The molecule has 0 aliphatic carbocycles. The molecular formula is C12H11N5O. The van der Waals surface area contributed by atoms with Gasteiger partial charge < -0.3 is 10.3 Å². The Labute approximate surface area is 102 Å². The van der Waals surface area contributed by atoms with Gasteiger partial charge in [-0.25, -0.2) is 9.50 Å². The van der Waals surface area contributed by atoms with Crippen LogP contribution in [0.2, 0.25) is 0 Å². The highest BCUT2D eigenvalue weighted by Gasteiger charge is 2.03. The summed E-state index contributed by atoms with van der Waals surface area (Å²) in [5, 5.41) is 4.01. The van der Waals surface area contributed by atoms with Crippen LogP contribution in [0.25, 0.3) is 5.52 Å². The third kappa shape index (κ3) is 1.73. The quantitative estimate of drug-likeness (QED) is 0.709. The molecule has 3 aromatic rings. The van der Waals surface area contributed by atoms with Crippen molar-refractivity contribution in [2.45, 2.75) is 6.54 Å². The van der Waals surface area contributed by atoms with Crippen molar-refractivity contribution in [1.82, 2.24) is 19.2 Å². The maximum Gasteiger partial charge on any atom is 0.276 e. The van der Waals surface area contributed by atoms with Crippen molar-refractivity contribution in [3.63, 3.8) is 0 Å². The summed E-state index contributed by atoms with van der Waals surface area (Å²) in [6.45, 7) is 0.466. The molecule has 18 heavy (non-hydrogen) atoms. The van der Waals surface area contributed by atoms with Crippen LogP contribution in [0.4, 0.5) is 5.82 Å². The topological polar surface area (TPSA) is 78.2 Å². The molecule has 3 heterocycles. The van der Waals surface area contributed by atoms with E-state index in [4.69, 9.17) is 5.73 Å². The van der Waals surface area contributed by atoms with Crippen LogP contribution >= 0.6 is 0 Å². The van der Waals surface area contributed by atoms with Crippen LogP contribution < -0.4 is 11.3 Å². The van der Waals surface area contributed by atoms with Gasteiger partial charge in [-0.05, 0) is 17.7 Å². The van der Waals surface area contributed by atoms with E-state index in [1.165, 1.54) is 0 Å². The van der Waals surface area contributed by atoms with Crippen LogP contribution in [0.5, 0.6) is 0 Å². The number of aromatic nitrogens is 4. The fourth-order valence-electron chi connectivity index (χ4n) is 1.81. The minimum absolute atomic E-state index is 0.0770. The lowest BCUT2D eigenvalue weighted by molar-refractivity contribution is 0.740. The highest BCUT2D eigenvalue weighted by molar-refractivity contribution is 5.42. The average Bonchev–Trinajstić information content (AvgIpc) is 2.84. The number of rotatable bonds is 2. The lowest BCUT2D eigenvalue weighted by atomic mass is 10.3. The molecule has 0 unspecified atom stereocenters. The maximum atomic E-state index is 12.1. The molecule has 6 heteroatoms. The Morgan fingerprint density at radius 1 is 1.22 bits per heavy atom. The van der Waals surface area contributed by atoms with Crippen molar-refractivity contribution in [3.8, 4) is 0 Å². The summed E-state index contributed by atoms with van der Waals surface area (Å²) in [6.07, 6.45) is 6.73. The Bertz CT molecular complexity index is 741. The van der Waals surface area contributed by atoms with E-state index in [2.05, 4.69) is 10.1 Å². The fraction of sp³-hybridized carbons (Fsp3) is 0.0833. The third-order valence-corrected chi connectivity index (χ3v) is 2.74. The lowest BCUT2D eigenvalue weighted by Gasteiger charge is -2.06. The van der Waals surface area contributed by atoms with E-state index in [0.717, 1.165) is 5.56 Å². The molecule has 0 aromatic carbocycles. The summed E-state index contributed by atoms with van der Waals surface area (Å²) in [7, 11) is 0. The molecular weight excluding hydrogens is 230 g/mol. The summed E-state index contributed by atoms with van der Waals surface area (Å²) in [5.74, 6) is 0.470. The van der Waals surface area contributed by atoms with Crippen molar-refractivity contribution in [2.75, 3.05) is 5.73 Å². The van der Waals surface area contributed by atoms with Gasteiger partial charge in [-0.3, -0.25) is 4.79 Å². The predicted molar refractivity (Wildman–Crippen MR) is 67.2 cm³/mol. The first-order valence-electron chi connectivity index (χ1n) is 5.47. The number of nitrogen functional groups attached to an aromatic ring is 1. The lowest BCUT2D eigenvalue weighted by Crippen LogP contribution is -2.21. The molecule has 0 atom stereocenters. The van der Waals surface area contributed by atoms with E-state index in [9.17, 15) is 4.79 Å². The SMILES string of the molecule is Nc1ccc(Cn2ccn3nccc3c2=O)cn1. The van der Waals surface area contributed by atoms with Gasteiger partial charge in [0.05, 0.1) is 12.7 Å². The zero-order valence-electron chi connectivity index (χ0n) is 9.52. The van der Waals surface area contributed by atoms with Gasteiger partial charge in [-0.2, -0.15) is 5.10 Å². The van der Waals surface area contributed by atoms with E-state index in [1.807, 2.05) is 6.07 Å². The summed E-state index contributed by atoms with van der Waals surface area (Å²) in [6, 6.07) is 5.27. The smallest absolute Gasteiger partial charge is 0.276 e. The van der Waals surface area contributed by atoms with E-state index in [-0.39, 0.29) is 5.56 Å². The number of hydrogen-bond acceptors (Lipinski definition) is 4. The van der Waals surface area contributed by atoms with Gasteiger partial charge in [0, 0.05) is 18.6 Å². The van der Waals surface area contributed by atoms with E-state index < -0.39 is 0 Å². The summed E-state index contributed by atoms with van der Waals surface area (Å²) < 4.78 is 3.17. The number of anilines is 1. The minimum atomic E-state index is -0.0770. The van der Waals surface area contributed by atoms with Crippen LogP contribution in [0.1, 0.15) is 5.56 Å². The van der Waals surface area contributed by atoms with E-state index in [1.54, 1.807) is 46.0 Å². The molecule has 0 bridgehead atoms. The van der Waals surface area contributed by atoms with Crippen LogP contribution in [0.15, 0.2) is 47.8 Å². The highest BCUT2D eigenvalue weighted by Crippen LogP contribution is 2.03. The molecule has 90 valence electrons. The Balaban J connectivity index is 2.02.